The summed E-state index contributed by atoms with van der Waals surface area (Å²) in [5, 5.41) is 39.5. The number of nitrogens with two attached hydrogens (primary N) is 1. The lowest BCUT2D eigenvalue weighted by Crippen LogP contribution is -2.57. The molecule has 288 valence electrons. The van der Waals surface area contributed by atoms with Crippen LogP contribution in [0.4, 0.5) is 5.82 Å². The van der Waals surface area contributed by atoms with Crippen LogP contribution < -0.4 is 16.4 Å². The molecule has 2 aromatic carbocycles. The first-order valence-corrected chi connectivity index (χ1v) is 19.1. The summed E-state index contributed by atoms with van der Waals surface area (Å²) < 4.78 is 1.70. The number of β-amino-alcohol motifs (C(OH)–C–C–N with tert-alkyl or cyclic N) is 1. The van der Waals surface area contributed by atoms with Crippen molar-refractivity contribution in [1.82, 2.24) is 40.5 Å². The monoisotopic (exact) mass is 765 g/mol. The van der Waals surface area contributed by atoms with Crippen molar-refractivity contribution < 1.29 is 24.6 Å². The number of phenolic OH excluding ortho intramolecular Hbond substituents is 1. The number of aromatic nitrogens is 5. The second-order valence-corrected chi connectivity index (χ2v) is 15.9. The number of carbonyl (C=O) groups excluding carboxylic acids is 3. The summed E-state index contributed by atoms with van der Waals surface area (Å²) in [6.07, 6.45) is 3.22. The molecule has 3 aromatic heterocycles. The molecule has 5 aromatic rings. The van der Waals surface area contributed by atoms with Gasteiger partial charge in [-0.2, -0.15) is 5.10 Å². The lowest BCUT2D eigenvalue weighted by Gasteiger charge is -2.35. The number of nitrogens with zero attached hydrogens (tertiary/aromatic N) is 6. The number of thiazole rings is 1. The van der Waals surface area contributed by atoms with E-state index in [0.29, 0.717) is 35.3 Å². The minimum Gasteiger partial charge on any atom is -0.507 e. The molecule has 3 amide bonds. The van der Waals surface area contributed by atoms with Crippen molar-refractivity contribution >= 4 is 34.9 Å². The average molecular weight is 766 g/mol. The van der Waals surface area contributed by atoms with E-state index in [1.54, 1.807) is 58.7 Å². The number of benzene rings is 2. The highest BCUT2D eigenvalue weighted by Gasteiger charge is 2.44. The number of aliphatic hydroxyl groups is 1. The zero-order valence-electron chi connectivity index (χ0n) is 31.6. The van der Waals surface area contributed by atoms with Crippen LogP contribution >= 0.6 is 11.3 Å². The van der Waals surface area contributed by atoms with Crippen LogP contribution in [0.1, 0.15) is 64.3 Å². The maximum Gasteiger partial charge on any atom is 0.246 e. The first kappa shape index (κ1) is 39.0. The molecule has 15 heteroatoms. The summed E-state index contributed by atoms with van der Waals surface area (Å²) in [7, 11) is 0. The summed E-state index contributed by atoms with van der Waals surface area (Å²) in [5.41, 5.74) is 12.5. The molecule has 4 heterocycles. The van der Waals surface area contributed by atoms with Gasteiger partial charge in [-0.15, -0.1) is 21.5 Å². The molecule has 1 saturated heterocycles. The van der Waals surface area contributed by atoms with Gasteiger partial charge in [0.1, 0.15) is 17.8 Å². The normalized spacial score (nSPS) is 16.8. The van der Waals surface area contributed by atoms with E-state index < -0.39 is 29.5 Å². The Kier molecular flexibility index (Phi) is 11.6. The number of amides is 3. The van der Waals surface area contributed by atoms with Crippen molar-refractivity contribution in [2.24, 2.45) is 5.41 Å². The second kappa shape index (κ2) is 16.4. The fourth-order valence-electron chi connectivity index (χ4n) is 6.73. The predicted molar refractivity (Wildman–Crippen MR) is 210 cm³/mol. The molecule has 1 aliphatic heterocycles. The average Bonchev–Trinajstić information content (AvgIpc) is 3.90. The van der Waals surface area contributed by atoms with Gasteiger partial charge in [0.15, 0.2) is 5.82 Å². The van der Waals surface area contributed by atoms with E-state index in [0.717, 1.165) is 21.7 Å². The highest BCUT2D eigenvalue weighted by molar-refractivity contribution is 7.13. The quantitative estimate of drug-likeness (QED) is 0.117. The number of para-hydroxylation sites is 1. The van der Waals surface area contributed by atoms with Crippen LogP contribution in [0.25, 0.3) is 32.8 Å². The van der Waals surface area contributed by atoms with Crippen molar-refractivity contribution in [2.45, 2.75) is 84.7 Å². The zero-order chi connectivity index (χ0) is 39.4. The van der Waals surface area contributed by atoms with Crippen LogP contribution in [0.15, 0.2) is 72.5 Å². The van der Waals surface area contributed by atoms with Gasteiger partial charge in [-0.1, -0.05) is 57.2 Å². The van der Waals surface area contributed by atoms with Crippen LogP contribution in [0.5, 0.6) is 5.75 Å². The molecule has 0 radical (unpaired) electrons. The molecule has 1 aliphatic rings. The first-order valence-electron chi connectivity index (χ1n) is 18.2. The van der Waals surface area contributed by atoms with Crippen molar-refractivity contribution in [1.29, 1.82) is 0 Å². The van der Waals surface area contributed by atoms with Crippen LogP contribution in [0.2, 0.25) is 0 Å². The Bertz CT molecular complexity index is 2160. The maximum absolute atomic E-state index is 14.1. The topological polar surface area (TPSA) is 201 Å². The van der Waals surface area contributed by atoms with E-state index in [2.05, 4.69) is 30.9 Å². The summed E-state index contributed by atoms with van der Waals surface area (Å²) in [6, 6.07) is 14.3. The molecule has 6 rings (SSSR count). The minimum absolute atomic E-state index is 0.0101. The number of phenols is 1. The molecular weight excluding hydrogens is 719 g/mol. The van der Waals surface area contributed by atoms with Gasteiger partial charge in [-0.3, -0.25) is 19.1 Å². The van der Waals surface area contributed by atoms with E-state index in [-0.39, 0.29) is 48.8 Å². The smallest absolute Gasteiger partial charge is 0.246 e. The highest BCUT2D eigenvalue weighted by Crippen LogP contribution is 2.33. The van der Waals surface area contributed by atoms with Gasteiger partial charge in [0.2, 0.25) is 17.7 Å². The number of likely N-dealkylation sites (tertiary alicyclic amines) is 1. The third kappa shape index (κ3) is 9.01. The summed E-state index contributed by atoms with van der Waals surface area (Å²) in [4.78, 5) is 47.8. The third-order valence-electron chi connectivity index (χ3n) is 9.80. The molecule has 0 aliphatic carbocycles. The van der Waals surface area contributed by atoms with Crippen LogP contribution in [0, 0.1) is 12.3 Å². The second-order valence-electron chi connectivity index (χ2n) is 15.0. The number of carbonyl (C=O) groups is 3. The van der Waals surface area contributed by atoms with Gasteiger partial charge in [0.05, 0.1) is 40.1 Å². The van der Waals surface area contributed by atoms with Gasteiger partial charge in [-0.25, -0.2) is 4.98 Å². The number of aryl methyl sites for hydroxylation is 2. The summed E-state index contributed by atoms with van der Waals surface area (Å²) >= 11 is 1.57. The van der Waals surface area contributed by atoms with Crippen molar-refractivity contribution in [3.05, 3.63) is 83.8 Å². The Hall–Kier alpha value is -5.67. The van der Waals surface area contributed by atoms with E-state index in [4.69, 9.17) is 5.73 Å². The lowest BCUT2D eigenvalue weighted by atomic mass is 9.85. The van der Waals surface area contributed by atoms with Crippen LogP contribution in [-0.4, -0.2) is 82.5 Å². The lowest BCUT2D eigenvalue weighted by molar-refractivity contribution is -0.144. The van der Waals surface area contributed by atoms with Crippen molar-refractivity contribution in [2.75, 3.05) is 12.3 Å². The molecule has 55 heavy (non-hydrogen) atoms. The molecule has 4 atom stereocenters. The van der Waals surface area contributed by atoms with Crippen molar-refractivity contribution in [3.63, 3.8) is 0 Å². The number of nitrogens with one attached hydrogen (secondary N) is 2. The first-order chi connectivity index (χ1) is 26.2. The Morgan fingerprint density at radius 2 is 1.78 bits per heavy atom. The summed E-state index contributed by atoms with van der Waals surface area (Å²) in [5.74, 6) is -0.814. The molecule has 1 fully saturated rings. The number of aliphatic hydroxyl groups excluding tert-OH is 1. The number of hydrogen-bond acceptors (Lipinski definition) is 11. The highest BCUT2D eigenvalue weighted by atomic mass is 32.1. The van der Waals surface area contributed by atoms with E-state index in [1.165, 1.54) is 4.90 Å². The minimum atomic E-state index is -0.933. The Morgan fingerprint density at radius 3 is 2.47 bits per heavy atom. The third-order valence-corrected chi connectivity index (χ3v) is 10.8. The number of anilines is 1. The van der Waals surface area contributed by atoms with Gasteiger partial charge in [0.25, 0.3) is 0 Å². The summed E-state index contributed by atoms with van der Waals surface area (Å²) in [6.45, 7) is 9.81. The van der Waals surface area contributed by atoms with Crippen LogP contribution in [-0.2, 0) is 20.9 Å². The largest absolute Gasteiger partial charge is 0.507 e. The molecule has 14 nitrogen and oxygen atoms in total. The van der Waals surface area contributed by atoms with E-state index >= 15 is 0 Å². The Morgan fingerprint density at radius 1 is 1.04 bits per heavy atom. The number of aromatic hydroxyl groups is 1. The molecule has 0 saturated carbocycles. The Labute approximate surface area is 323 Å². The number of rotatable bonds is 12. The Balaban J connectivity index is 1.05. The van der Waals surface area contributed by atoms with E-state index in [9.17, 15) is 24.6 Å². The van der Waals surface area contributed by atoms with Crippen molar-refractivity contribution in [3.8, 4) is 38.6 Å². The van der Waals surface area contributed by atoms with Gasteiger partial charge in [0, 0.05) is 48.8 Å². The fraction of sp³-hybridized carbons (Fsp3) is 0.375. The fourth-order valence-corrected chi connectivity index (χ4v) is 7.54. The molecule has 0 bridgehead atoms. The van der Waals surface area contributed by atoms with Gasteiger partial charge in [-0.05, 0) is 55.0 Å². The standard InChI is InChI=1S/C40H47N9O5S/c1-23(25-12-14-26(15-13-25)35-24(2)42-22-55-35)44-38(53)32-17-28(50)21-49(32)39(54)36(40(3,4)5)45-34(52)11-8-16-48-20-27(19-43-48)30-18-31(46-47-37(30)41)29-9-6-7-10-33(29)51/h6-7,9-10,12-15,18-20,22-23,28,32,36,50-51H,8,11,16-17,21H2,1-5H3,(H2,41,47)(H,44,53)(H,45,52)/t23-,28+,32-,36+/m0/s1. The van der Waals surface area contributed by atoms with E-state index in [1.807, 2.05) is 64.4 Å². The maximum atomic E-state index is 14.1. The van der Waals surface area contributed by atoms with Crippen LogP contribution in [0.3, 0.4) is 0 Å². The zero-order valence-corrected chi connectivity index (χ0v) is 32.4. The number of nitrogen functional groups attached to an aromatic ring is 1. The van der Waals surface area contributed by atoms with Gasteiger partial charge >= 0.3 is 0 Å². The number of hydrogen-bond donors (Lipinski definition) is 5. The molecule has 0 spiro atoms. The van der Waals surface area contributed by atoms with Gasteiger partial charge < -0.3 is 31.5 Å². The molecule has 0 unspecified atom stereocenters. The molecule has 6 N–H and O–H groups in total. The SMILES string of the molecule is Cc1ncsc1-c1ccc([C@H](C)NC(=O)[C@@H]2C[C@@H](O)CN2C(=O)[C@@H](NC(=O)CCCn2cc(-c3cc(-c4ccccc4O)nnc3N)cn2)C(C)(C)C)cc1. The molecular formula is C40H47N9O5S. The predicted octanol–water partition coefficient (Wildman–Crippen LogP) is 4.88.